The molecule has 2 aromatic rings. The van der Waals surface area contributed by atoms with Crippen LogP contribution in [0.3, 0.4) is 0 Å². The third-order valence-electron chi connectivity index (χ3n) is 4.41. The van der Waals surface area contributed by atoms with Crippen molar-refractivity contribution >= 4 is 69.4 Å². The van der Waals surface area contributed by atoms with Crippen LogP contribution in [-0.2, 0) is 32.2 Å². The highest BCUT2D eigenvalue weighted by Gasteiger charge is 2.27. The zero-order valence-corrected chi connectivity index (χ0v) is 21.0. The molecule has 7 nitrogen and oxygen atoms in total. The van der Waals surface area contributed by atoms with Crippen molar-refractivity contribution in [2.75, 3.05) is 0 Å². The lowest BCUT2D eigenvalue weighted by molar-refractivity contribution is -0.144. The smallest absolute Gasteiger partial charge is 0.333 e. The summed E-state index contributed by atoms with van der Waals surface area (Å²) in [5.41, 5.74) is 0.338. The Labute approximate surface area is 205 Å². The highest BCUT2D eigenvalue weighted by Crippen LogP contribution is 2.42. The number of carbonyl (C=O) groups excluding carboxylic acids is 2. The molecule has 1 aromatic carbocycles. The molecule has 32 heavy (non-hydrogen) atoms. The number of nitrogens with zero attached hydrogens (tertiary/aromatic N) is 2. The van der Waals surface area contributed by atoms with Crippen LogP contribution in [-0.4, -0.2) is 33.3 Å². The minimum Gasteiger partial charge on any atom is -0.457 e. The van der Waals surface area contributed by atoms with Crippen LogP contribution in [0.5, 0.6) is 0 Å². The van der Waals surface area contributed by atoms with Gasteiger partial charge >= 0.3 is 17.6 Å². The van der Waals surface area contributed by atoms with E-state index in [1.165, 1.54) is 23.0 Å². The number of aromatic nitrogens is 2. The summed E-state index contributed by atoms with van der Waals surface area (Å²) in [7, 11) is 0. The first kappa shape index (κ1) is 26.3. The molecule has 1 aromatic heterocycles. The molecule has 0 saturated heterocycles. The van der Waals surface area contributed by atoms with Crippen molar-refractivity contribution in [3.8, 4) is 0 Å². The van der Waals surface area contributed by atoms with E-state index in [2.05, 4.69) is 13.2 Å². The van der Waals surface area contributed by atoms with Crippen molar-refractivity contribution in [1.29, 1.82) is 0 Å². The minimum atomic E-state index is -0.709. The maximum absolute atomic E-state index is 13.3. The first-order valence-corrected chi connectivity index (χ1v) is 11.0. The van der Waals surface area contributed by atoms with Gasteiger partial charge in [-0.25, -0.2) is 14.4 Å². The molecule has 0 bridgehead atoms. The fourth-order valence-electron chi connectivity index (χ4n) is 2.93. The predicted octanol–water partition coefficient (Wildman–Crippen LogP) is 5.43. The number of hydrogen-bond donors (Lipinski definition) is 0. The van der Waals surface area contributed by atoms with E-state index in [0.717, 1.165) is 0 Å². The lowest BCUT2D eigenvalue weighted by Gasteiger charge is -2.15. The summed E-state index contributed by atoms with van der Waals surface area (Å²) < 4.78 is 13.2. The number of carbonyl (C=O) groups is 2. The third kappa shape index (κ3) is 5.34. The van der Waals surface area contributed by atoms with Crippen molar-refractivity contribution in [3.63, 3.8) is 0 Å². The highest BCUT2D eigenvalue weighted by molar-refractivity contribution is 6.55. The van der Waals surface area contributed by atoms with E-state index in [0.29, 0.717) is 0 Å². The topological polar surface area (TPSA) is 79.5 Å². The molecule has 2 atom stereocenters. The van der Waals surface area contributed by atoms with Crippen molar-refractivity contribution < 1.29 is 19.1 Å². The van der Waals surface area contributed by atoms with Crippen LogP contribution in [0.1, 0.15) is 27.7 Å². The molecule has 1 heterocycles. The standard InChI is InChI=1S/C21H22Cl4N2O5/c1-9(2)19(28)31-11(5)7-26-17-15(24)13(22)14(23)16(25)18(17)27(21(26)30)8-12(6)32-20(29)10(3)4/h11-12H,1,3,7-8H2,2,4-6H3. The van der Waals surface area contributed by atoms with E-state index in [1.54, 1.807) is 13.8 Å². The second-order valence-corrected chi connectivity index (χ2v) is 8.96. The van der Waals surface area contributed by atoms with Crippen LogP contribution in [0.2, 0.25) is 20.1 Å². The Hall–Kier alpha value is -1.93. The fourth-order valence-corrected chi connectivity index (χ4v) is 3.97. The molecular formula is C21H22Cl4N2O5. The Morgan fingerprint density at radius 1 is 0.781 bits per heavy atom. The van der Waals surface area contributed by atoms with Crippen LogP contribution >= 0.6 is 46.4 Å². The van der Waals surface area contributed by atoms with Gasteiger partial charge in [-0.2, -0.15) is 0 Å². The molecule has 0 aliphatic heterocycles. The molecule has 0 saturated carbocycles. The summed E-state index contributed by atoms with van der Waals surface area (Å²) in [5, 5.41) is -0.0241. The predicted molar refractivity (Wildman–Crippen MR) is 127 cm³/mol. The number of fused-ring (bicyclic) bond motifs is 1. The molecule has 0 spiro atoms. The van der Waals surface area contributed by atoms with Gasteiger partial charge in [0.05, 0.1) is 44.2 Å². The Morgan fingerprint density at radius 3 is 1.38 bits per heavy atom. The van der Waals surface area contributed by atoms with E-state index in [9.17, 15) is 14.4 Å². The zero-order valence-electron chi connectivity index (χ0n) is 17.9. The molecule has 0 aliphatic rings. The van der Waals surface area contributed by atoms with E-state index < -0.39 is 29.8 Å². The molecule has 0 fully saturated rings. The van der Waals surface area contributed by atoms with E-state index in [4.69, 9.17) is 55.9 Å². The van der Waals surface area contributed by atoms with Crippen molar-refractivity contribution in [3.05, 3.63) is 54.9 Å². The van der Waals surface area contributed by atoms with Crippen molar-refractivity contribution in [2.45, 2.75) is 53.0 Å². The average molecular weight is 524 g/mol. The number of halogens is 4. The van der Waals surface area contributed by atoms with Gasteiger partial charge in [-0.05, 0) is 27.7 Å². The summed E-state index contributed by atoms with van der Waals surface area (Å²) in [5.74, 6) is -1.19. The number of benzene rings is 1. The van der Waals surface area contributed by atoms with Gasteiger partial charge < -0.3 is 9.47 Å². The Balaban J connectivity index is 2.62. The molecule has 0 N–H and O–H groups in total. The number of rotatable bonds is 8. The molecule has 0 amide bonds. The summed E-state index contributed by atoms with van der Waals surface area (Å²) >= 11 is 25.3. The average Bonchev–Trinajstić information content (AvgIpc) is 2.96. The second-order valence-electron chi connectivity index (χ2n) is 7.45. The van der Waals surface area contributed by atoms with Crippen molar-refractivity contribution in [1.82, 2.24) is 9.13 Å². The molecular weight excluding hydrogens is 502 g/mol. The van der Waals surface area contributed by atoms with Crippen molar-refractivity contribution in [2.24, 2.45) is 0 Å². The first-order valence-electron chi connectivity index (χ1n) is 9.45. The fraction of sp³-hybridized carbons (Fsp3) is 0.381. The van der Waals surface area contributed by atoms with Gasteiger partial charge in [0.25, 0.3) is 0 Å². The maximum Gasteiger partial charge on any atom is 0.333 e. The van der Waals surface area contributed by atoms with Gasteiger partial charge in [0.2, 0.25) is 0 Å². The molecule has 0 aliphatic carbocycles. The van der Waals surface area contributed by atoms with E-state index >= 15 is 0 Å². The van der Waals surface area contributed by atoms with Crippen LogP contribution in [0.4, 0.5) is 0 Å². The van der Waals surface area contributed by atoms with Crippen LogP contribution in [0, 0.1) is 0 Å². The number of hydrogen-bond acceptors (Lipinski definition) is 5. The minimum absolute atomic E-state index is 0.0110. The number of imidazole rings is 1. The number of esters is 2. The summed E-state index contributed by atoms with van der Waals surface area (Å²) in [6.07, 6.45) is -1.42. The first-order chi connectivity index (χ1) is 14.8. The SMILES string of the molecule is C=C(C)C(=O)OC(C)Cn1c(=O)n(CC(C)OC(=O)C(=C)C)c2c(Cl)c(Cl)c(Cl)c(Cl)c21. The van der Waals surface area contributed by atoms with Gasteiger partial charge in [0, 0.05) is 11.1 Å². The number of ether oxygens (including phenoxy) is 2. The second kappa shape index (κ2) is 10.3. The highest BCUT2D eigenvalue weighted by atomic mass is 35.5. The molecule has 2 unspecified atom stereocenters. The Kier molecular flexibility index (Phi) is 8.50. The zero-order chi connectivity index (χ0) is 24.5. The quantitative estimate of drug-likeness (QED) is 0.199. The normalized spacial score (nSPS) is 13.0. The molecule has 11 heteroatoms. The molecule has 0 radical (unpaired) electrons. The van der Waals surface area contributed by atoms with Gasteiger partial charge in [-0.3, -0.25) is 9.13 Å². The maximum atomic E-state index is 13.3. The van der Waals surface area contributed by atoms with Crippen LogP contribution < -0.4 is 5.69 Å². The van der Waals surface area contributed by atoms with Gasteiger partial charge in [0.1, 0.15) is 12.2 Å². The van der Waals surface area contributed by atoms with Crippen LogP contribution in [0.15, 0.2) is 29.1 Å². The molecule has 174 valence electrons. The summed E-state index contributed by atoms with van der Waals surface area (Å²) in [4.78, 5) is 37.1. The lowest BCUT2D eigenvalue weighted by Crippen LogP contribution is -2.32. The monoisotopic (exact) mass is 522 g/mol. The van der Waals surface area contributed by atoms with E-state index in [-0.39, 0.29) is 55.4 Å². The Bertz CT molecular complexity index is 1090. The third-order valence-corrected chi connectivity index (χ3v) is 6.19. The Morgan fingerprint density at radius 2 is 1.09 bits per heavy atom. The van der Waals surface area contributed by atoms with Gasteiger partial charge in [0.15, 0.2) is 0 Å². The van der Waals surface area contributed by atoms with Gasteiger partial charge in [-0.15, -0.1) is 0 Å². The van der Waals surface area contributed by atoms with Gasteiger partial charge in [-0.1, -0.05) is 59.6 Å². The van der Waals surface area contributed by atoms with E-state index in [1.807, 2.05) is 0 Å². The largest absolute Gasteiger partial charge is 0.457 e. The summed E-state index contributed by atoms with van der Waals surface area (Å²) in [6, 6.07) is 0. The lowest BCUT2D eigenvalue weighted by atomic mass is 10.2. The van der Waals surface area contributed by atoms with Crippen LogP contribution in [0.25, 0.3) is 11.0 Å². The molecule has 2 rings (SSSR count). The summed E-state index contributed by atoms with van der Waals surface area (Å²) in [6.45, 7) is 13.2.